The lowest BCUT2D eigenvalue weighted by Gasteiger charge is -2.18. The highest BCUT2D eigenvalue weighted by Crippen LogP contribution is 2.32. The molecule has 1 aliphatic heterocycles. The molecule has 1 saturated carbocycles. The molecule has 1 aromatic rings. The molecule has 94 valence electrons. The third kappa shape index (κ3) is 2.37. The number of ether oxygens (including phenoxy) is 1. The monoisotopic (exact) mass is 235 g/mol. The topological polar surface area (TPSA) is 50.8 Å². The van der Waals surface area contributed by atoms with Gasteiger partial charge in [0.25, 0.3) is 0 Å². The van der Waals surface area contributed by atoms with Crippen molar-refractivity contribution in [3.63, 3.8) is 0 Å². The first-order valence-corrected chi connectivity index (χ1v) is 6.86. The molecule has 4 nitrogen and oxygen atoms in total. The summed E-state index contributed by atoms with van der Waals surface area (Å²) in [5, 5.41) is 7.54. The summed E-state index contributed by atoms with van der Waals surface area (Å²) in [5.41, 5.74) is 0. The summed E-state index contributed by atoms with van der Waals surface area (Å²) in [4.78, 5) is 4.70. The second-order valence-electron chi connectivity index (χ2n) is 5.49. The number of hydrogen-bond acceptors (Lipinski definition) is 3. The molecule has 1 aromatic heterocycles. The van der Waals surface area contributed by atoms with E-state index >= 15 is 0 Å². The Bertz CT molecular complexity index is 351. The Labute approximate surface area is 102 Å². The number of aromatic nitrogens is 3. The highest BCUT2D eigenvalue weighted by Gasteiger charge is 2.28. The Balaban J connectivity index is 1.69. The van der Waals surface area contributed by atoms with Gasteiger partial charge in [0.15, 0.2) is 5.82 Å². The Morgan fingerprint density at radius 3 is 2.71 bits per heavy atom. The van der Waals surface area contributed by atoms with Gasteiger partial charge in [-0.2, -0.15) is 5.10 Å². The van der Waals surface area contributed by atoms with E-state index in [0.29, 0.717) is 17.9 Å². The van der Waals surface area contributed by atoms with Gasteiger partial charge in [-0.05, 0) is 26.2 Å². The van der Waals surface area contributed by atoms with Crippen LogP contribution < -0.4 is 0 Å². The van der Waals surface area contributed by atoms with Crippen molar-refractivity contribution < 1.29 is 4.74 Å². The van der Waals surface area contributed by atoms with Crippen molar-refractivity contribution >= 4 is 0 Å². The summed E-state index contributed by atoms with van der Waals surface area (Å²) in [7, 11) is 0. The first-order chi connectivity index (χ1) is 8.33. The lowest BCUT2D eigenvalue weighted by molar-refractivity contribution is 0.123. The van der Waals surface area contributed by atoms with Crippen molar-refractivity contribution in [1.29, 1.82) is 0 Å². The maximum atomic E-state index is 5.58. The minimum absolute atomic E-state index is 0.358. The van der Waals surface area contributed by atoms with Crippen molar-refractivity contribution in [1.82, 2.24) is 15.2 Å². The summed E-state index contributed by atoms with van der Waals surface area (Å²) in [5.74, 6) is 3.09. The SMILES string of the molecule is CC1CC(c2n[nH]c(C3CCCCC3)n2)CO1. The summed E-state index contributed by atoms with van der Waals surface area (Å²) >= 11 is 0. The van der Waals surface area contributed by atoms with Gasteiger partial charge in [0.2, 0.25) is 0 Å². The standard InChI is InChI=1S/C13H21N3O/c1-9-7-11(8-17-9)13-14-12(15-16-13)10-5-3-2-4-6-10/h9-11H,2-8H2,1H3,(H,14,15,16). The molecule has 1 aliphatic carbocycles. The molecule has 1 N–H and O–H groups in total. The number of rotatable bonds is 2. The summed E-state index contributed by atoms with van der Waals surface area (Å²) < 4.78 is 5.58. The molecule has 1 saturated heterocycles. The van der Waals surface area contributed by atoms with Crippen LogP contribution in [0.1, 0.15) is 68.9 Å². The van der Waals surface area contributed by atoms with Crippen LogP contribution in [-0.2, 0) is 4.74 Å². The van der Waals surface area contributed by atoms with Gasteiger partial charge >= 0.3 is 0 Å². The Kier molecular flexibility index (Phi) is 3.14. The molecular formula is C13H21N3O. The normalized spacial score (nSPS) is 30.9. The lowest BCUT2D eigenvalue weighted by atomic mass is 9.89. The van der Waals surface area contributed by atoms with Crippen LogP contribution in [0.4, 0.5) is 0 Å². The van der Waals surface area contributed by atoms with Gasteiger partial charge in [-0.3, -0.25) is 5.10 Å². The molecule has 2 heterocycles. The Morgan fingerprint density at radius 1 is 1.18 bits per heavy atom. The zero-order valence-corrected chi connectivity index (χ0v) is 10.5. The van der Waals surface area contributed by atoms with E-state index in [4.69, 9.17) is 9.72 Å². The second-order valence-corrected chi connectivity index (χ2v) is 5.49. The largest absolute Gasteiger partial charge is 0.378 e. The Morgan fingerprint density at radius 2 is 2.00 bits per heavy atom. The average molecular weight is 235 g/mol. The fourth-order valence-corrected chi connectivity index (χ4v) is 3.03. The molecule has 0 radical (unpaired) electrons. The van der Waals surface area contributed by atoms with Crippen LogP contribution in [-0.4, -0.2) is 27.9 Å². The van der Waals surface area contributed by atoms with Crippen molar-refractivity contribution in [2.75, 3.05) is 6.61 Å². The first kappa shape index (κ1) is 11.2. The van der Waals surface area contributed by atoms with Crippen LogP contribution in [0.5, 0.6) is 0 Å². The van der Waals surface area contributed by atoms with E-state index in [1.54, 1.807) is 0 Å². The van der Waals surface area contributed by atoms with E-state index in [0.717, 1.165) is 24.7 Å². The van der Waals surface area contributed by atoms with E-state index in [1.807, 2.05) is 0 Å². The van der Waals surface area contributed by atoms with Crippen LogP contribution in [0.15, 0.2) is 0 Å². The van der Waals surface area contributed by atoms with Crippen molar-refractivity contribution in [3.8, 4) is 0 Å². The Hall–Kier alpha value is -0.900. The van der Waals surface area contributed by atoms with Crippen LogP contribution >= 0.6 is 0 Å². The molecule has 2 unspecified atom stereocenters. The van der Waals surface area contributed by atoms with Crippen LogP contribution in [0, 0.1) is 0 Å². The fourth-order valence-electron chi connectivity index (χ4n) is 3.03. The molecule has 0 amide bonds. The summed E-state index contributed by atoms with van der Waals surface area (Å²) in [6.45, 7) is 2.90. The fraction of sp³-hybridized carbons (Fsp3) is 0.846. The summed E-state index contributed by atoms with van der Waals surface area (Å²) in [6.07, 6.45) is 8.01. The molecule has 0 aromatic carbocycles. The van der Waals surface area contributed by atoms with Gasteiger partial charge in [0.1, 0.15) is 5.82 Å². The number of nitrogens with zero attached hydrogens (tertiary/aromatic N) is 2. The quantitative estimate of drug-likeness (QED) is 0.857. The van der Waals surface area contributed by atoms with Crippen molar-refractivity contribution in [2.45, 2.75) is 63.4 Å². The van der Waals surface area contributed by atoms with Crippen LogP contribution in [0.25, 0.3) is 0 Å². The van der Waals surface area contributed by atoms with Crippen molar-refractivity contribution in [3.05, 3.63) is 11.6 Å². The van der Waals surface area contributed by atoms with E-state index < -0.39 is 0 Å². The average Bonchev–Trinajstić information content (AvgIpc) is 2.98. The second kappa shape index (κ2) is 4.77. The third-order valence-corrected chi connectivity index (χ3v) is 4.08. The molecular weight excluding hydrogens is 214 g/mol. The number of aromatic amines is 1. The first-order valence-electron chi connectivity index (χ1n) is 6.86. The van der Waals surface area contributed by atoms with E-state index in [2.05, 4.69) is 17.1 Å². The number of H-pyrrole nitrogens is 1. The van der Waals surface area contributed by atoms with Crippen LogP contribution in [0.3, 0.4) is 0 Å². The molecule has 2 atom stereocenters. The van der Waals surface area contributed by atoms with Gasteiger partial charge in [0, 0.05) is 11.8 Å². The van der Waals surface area contributed by atoms with Gasteiger partial charge in [0.05, 0.1) is 12.7 Å². The number of nitrogens with one attached hydrogen (secondary N) is 1. The number of hydrogen-bond donors (Lipinski definition) is 1. The molecule has 2 aliphatic rings. The smallest absolute Gasteiger partial charge is 0.156 e. The van der Waals surface area contributed by atoms with Crippen LogP contribution in [0.2, 0.25) is 0 Å². The molecule has 17 heavy (non-hydrogen) atoms. The van der Waals surface area contributed by atoms with Gasteiger partial charge < -0.3 is 4.74 Å². The van der Waals surface area contributed by atoms with Gasteiger partial charge in [-0.25, -0.2) is 4.98 Å². The third-order valence-electron chi connectivity index (χ3n) is 4.08. The maximum absolute atomic E-state index is 5.58. The minimum atomic E-state index is 0.358. The van der Waals surface area contributed by atoms with Crippen molar-refractivity contribution in [2.24, 2.45) is 0 Å². The molecule has 0 bridgehead atoms. The van der Waals surface area contributed by atoms with Gasteiger partial charge in [-0.1, -0.05) is 19.3 Å². The van der Waals surface area contributed by atoms with E-state index in [-0.39, 0.29) is 0 Å². The van der Waals surface area contributed by atoms with Gasteiger partial charge in [-0.15, -0.1) is 0 Å². The zero-order chi connectivity index (χ0) is 11.7. The van der Waals surface area contributed by atoms with E-state index in [9.17, 15) is 0 Å². The minimum Gasteiger partial charge on any atom is -0.378 e. The zero-order valence-electron chi connectivity index (χ0n) is 10.5. The lowest BCUT2D eigenvalue weighted by Crippen LogP contribution is -2.06. The summed E-state index contributed by atoms with van der Waals surface area (Å²) in [6, 6.07) is 0. The highest BCUT2D eigenvalue weighted by atomic mass is 16.5. The molecule has 4 heteroatoms. The molecule has 2 fully saturated rings. The molecule has 3 rings (SSSR count). The van der Waals surface area contributed by atoms with E-state index in [1.165, 1.54) is 32.1 Å². The predicted molar refractivity (Wildman–Crippen MR) is 65.0 cm³/mol. The highest BCUT2D eigenvalue weighted by molar-refractivity contribution is 5.04. The molecule has 0 spiro atoms. The predicted octanol–water partition coefficient (Wildman–Crippen LogP) is 2.74. The maximum Gasteiger partial charge on any atom is 0.156 e.